The Balaban J connectivity index is 1.55. The molecule has 0 saturated carbocycles. The van der Waals surface area contributed by atoms with Gasteiger partial charge in [-0.25, -0.2) is 17.6 Å². The van der Waals surface area contributed by atoms with Crippen LogP contribution in [0.3, 0.4) is 0 Å². The summed E-state index contributed by atoms with van der Waals surface area (Å²) in [5.41, 5.74) is 0.664. The van der Waals surface area contributed by atoms with Gasteiger partial charge in [-0.1, -0.05) is 25.0 Å². The number of halogens is 1. The molecule has 176 valence electrons. The van der Waals surface area contributed by atoms with Crippen molar-refractivity contribution in [2.45, 2.75) is 30.6 Å². The van der Waals surface area contributed by atoms with Gasteiger partial charge in [-0.15, -0.1) is 0 Å². The van der Waals surface area contributed by atoms with Crippen molar-refractivity contribution in [1.82, 2.24) is 4.31 Å². The van der Waals surface area contributed by atoms with Crippen molar-refractivity contribution in [2.24, 2.45) is 0 Å². The SMILES string of the molecule is COc1ccc(C(=O)COC(=O)/C=C/c2ccc(S(=O)(=O)N3CCCCCC3)cc2)cc1F. The average molecular weight is 476 g/mol. The third-order valence-electron chi connectivity index (χ3n) is 5.31. The summed E-state index contributed by atoms with van der Waals surface area (Å²) in [6.07, 6.45) is 6.39. The maximum absolute atomic E-state index is 13.7. The first-order valence-electron chi connectivity index (χ1n) is 10.6. The summed E-state index contributed by atoms with van der Waals surface area (Å²) >= 11 is 0. The molecule has 1 fully saturated rings. The molecule has 0 bridgehead atoms. The van der Waals surface area contributed by atoms with Crippen molar-refractivity contribution in [3.8, 4) is 5.75 Å². The van der Waals surface area contributed by atoms with Gasteiger partial charge in [0, 0.05) is 24.7 Å². The van der Waals surface area contributed by atoms with Crippen molar-refractivity contribution in [2.75, 3.05) is 26.8 Å². The molecule has 1 aliphatic rings. The monoisotopic (exact) mass is 475 g/mol. The summed E-state index contributed by atoms with van der Waals surface area (Å²) in [6.45, 7) is 0.511. The second-order valence-electron chi connectivity index (χ2n) is 7.60. The van der Waals surface area contributed by atoms with Crippen LogP contribution in [0.25, 0.3) is 6.08 Å². The number of nitrogens with zero attached hydrogens (tertiary/aromatic N) is 1. The Morgan fingerprint density at radius 3 is 2.30 bits per heavy atom. The fourth-order valence-corrected chi connectivity index (χ4v) is 4.97. The van der Waals surface area contributed by atoms with E-state index in [1.54, 1.807) is 12.1 Å². The van der Waals surface area contributed by atoms with E-state index in [1.807, 2.05) is 0 Å². The van der Waals surface area contributed by atoms with Gasteiger partial charge < -0.3 is 9.47 Å². The highest BCUT2D eigenvalue weighted by Crippen LogP contribution is 2.21. The van der Waals surface area contributed by atoms with Crippen LogP contribution in [-0.4, -0.2) is 51.3 Å². The van der Waals surface area contributed by atoms with Gasteiger partial charge in [0.2, 0.25) is 10.0 Å². The zero-order chi connectivity index (χ0) is 23.8. The Bertz CT molecular complexity index is 1120. The number of hydrogen-bond donors (Lipinski definition) is 0. The van der Waals surface area contributed by atoms with Gasteiger partial charge in [-0.05, 0) is 54.8 Å². The zero-order valence-corrected chi connectivity index (χ0v) is 19.1. The lowest BCUT2D eigenvalue weighted by Gasteiger charge is -2.19. The van der Waals surface area contributed by atoms with Gasteiger partial charge in [0.15, 0.2) is 24.0 Å². The number of ether oxygens (including phenoxy) is 2. The number of sulfonamides is 1. The number of esters is 1. The minimum Gasteiger partial charge on any atom is -0.494 e. The highest BCUT2D eigenvalue weighted by molar-refractivity contribution is 7.89. The van der Waals surface area contributed by atoms with Gasteiger partial charge in [0.25, 0.3) is 0 Å². The molecule has 33 heavy (non-hydrogen) atoms. The highest BCUT2D eigenvalue weighted by Gasteiger charge is 2.24. The quantitative estimate of drug-likeness (QED) is 0.327. The minimum absolute atomic E-state index is 0.0109. The Labute approximate surface area is 192 Å². The number of carbonyl (C=O) groups is 2. The fourth-order valence-electron chi connectivity index (χ4n) is 3.45. The van der Waals surface area contributed by atoms with Crippen LogP contribution in [0, 0.1) is 5.82 Å². The summed E-state index contributed by atoms with van der Waals surface area (Å²) in [5, 5.41) is 0. The third-order valence-corrected chi connectivity index (χ3v) is 7.23. The van der Waals surface area contributed by atoms with Gasteiger partial charge in [-0.2, -0.15) is 4.31 Å². The first-order chi connectivity index (χ1) is 15.8. The zero-order valence-electron chi connectivity index (χ0n) is 18.3. The predicted molar refractivity (Wildman–Crippen MR) is 121 cm³/mol. The van der Waals surface area contributed by atoms with Crippen LogP contribution in [0.5, 0.6) is 5.75 Å². The van der Waals surface area contributed by atoms with E-state index in [0.29, 0.717) is 18.7 Å². The lowest BCUT2D eigenvalue weighted by atomic mass is 10.1. The summed E-state index contributed by atoms with van der Waals surface area (Å²) in [5.74, 6) is -1.98. The summed E-state index contributed by atoms with van der Waals surface area (Å²) in [7, 11) is -2.22. The molecule has 0 unspecified atom stereocenters. The smallest absolute Gasteiger partial charge is 0.331 e. The molecular weight excluding hydrogens is 449 g/mol. The van der Waals surface area contributed by atoms with Crippen LogP contribution in [0.4, 0.5) is 4.39 Å². The lowest BCUT2D eigenvalue weighted by Crippen LogP contribution is -2.31. The summed E-state index contributed by atoms with van der Waals surface area (Å²) < 4.78 is 50.6. The van der Waals surface area contributed by atoms with Crippen LogP contribution in [-0.2, 0) is 19.6 Å². The number of carbonyl (C=O) groups excluding carboxylic acids is 2. The maximum atomic E-state index is 13.7. The molecule has 0 aromatic heterocycles. The second-order valence-corrected chi connectivity index (χ2v) is 9.54. The average Bonchev–Trinajstić information content (AvgIpc) is 3.11. The maximum Gasteiger partial charge on any atom is 0.331 e. The topological polar surface area (TPSA) is 90.0 Å². The number of rotatable bonds is 8. The number of methoxy groups -OCH3 is 1. The molecule has 0 spiro atoms. The molecule has 7 nitrogen and oxygen atoms in total. The molecule has 0 N–H and O–H groups in total. The van der Waals surface area contributed by atoms with Crippen molar-refractivity contribution >= 4 is 27.9 Å². The third kappa shape index (κ3) is 6.49. The summed E-state index contributed by atoms with van der Waals surface area (Å²) in [6, 6.07) is 9.93. The number of hydrogen-bond acceptors (Lipinski definition) is 6. The van der Waals surface area contributed by atoms with Gasteiger partial charge in [-0.3, -0.25) is 4.79 Å². The lowest BCUT2D eigenvalue weighted by molar-refractivity contribution is -0.136. The molecule has 0 aliphatic carbocycles. The van der Waals surface area contributed by atoms with Crippen molar-refractivity contribution in [3.05, 3.63) is 65.5 Å². The van der Waals surface area contributed by atoms with Crippen molar-refractivity contribution in [3.63, 3.8) is 0 Å². The van der Waals surface area contributed by atoms with Gasteiger partial charge >= 0.3 is 5.97 Å². The Kier molecular flexibility index (Phi) is 8.35. The molecule has 0 amide bonds. The number of Topliss-reactive ketones (excluding diaryl/α,β-unsaturated/α-hetero) is 1. The van der Waals surface area contributed by atoms with E-state index in [9.17, 15) is 22.4 Å². The van der Waals surface area contributed by atoms with Crippen LogP contribution in [0.1, 0.15) is 41.6 Å². The molecule has 1 heterocycles. The normalized spacial score (nSPS) is 15.2. The largest absolute Gasteiger partial charge is 0.494 e. The molecule has 9 heteroatoms. The minimum atomic E-state index is -3.54. The Hall–Kier alpha value is -3.04. The van der Waals surface area contributed by atoms with E-state index in [4.69, 9.17) is 9.47 Å². The second kappa shape index (κ2) is 11.2. The molecule has 2 aromatic carbocycles. The fraction of sp³-hybridized carbons (Fsp3) is 0.333. The molecule has 3 rings (SSSR count). The van der Waals surface area contributed by atoms with E-state index < -0.39 is 34.2 Å². The Morgan fingerprint density at radius 2 is 1.70 bits per heavy atom. The molecule has 0 atom stereocenters. The highest BCUT2D eigenvalue weighted by atomic mass is 32.2. The first kappa shape index (κ1) is 24.6. The van der Waals surface area contributed by atoms with E-state index in [-0.39, 0.29) is 16.2 Å². The van der Waals surface area contributed by atoms with Gasteiger partial charge in [0.1, 0.15) is 0 Å². The number of ketones is 1. The predicted octanol–water partition coefficient (Wildman–Crippen LogP) is 3.84. The summed E-state index contributed by atoms with van der Waals surface area (Å²) in [4.78, 5) is 24.2. The van der Waals surface area contributed by atoms with Crippen LogP contribution in [0.15, 0.2) is 53.4 Å². The first-order valence-corrected chi connectivity index (χ1v) is 12.1. The number of benzene rings is 2. The molecular formula is C24H26FNO6S. The van der Waals surface area contributed by atoms with Crippen LogP contribution in [0.2, 0.25) is 0 Å². The Morgan fingerprint density at radius 1 is 1.03 bits per heavy atom. The molecule has 0 radical (unpaired) electrons. The van der Waals surface area contributed by atoms with E-state index in [2.05, 4.69) is 0 Å². The van der Waals surface area contributed by atoms with Gasteiger partial charge in [0.05, 0.1) is 12.0 Å². The van der Waals surface area contributed by atoms with E-state index in [0.717, 1.165) is 37.8 Å². The standard InChI is InChI=1S/C24H26FNO6S/c1-31-23-12-9-19(16-21(23)25)22(27)17-32-24(28)13-8-18-6-10-20(11-7-18)33(29,30)26-14-4-2-3-5-15-26/h6-13,16H,2-5,14-15,17H2,1H3/b13-8+. The van der Waals surface area contributed by atoms with E-state index >= 15 is 0 Å². The van der Waals surface area contributed by atoms with Crippen molar-refractivity contribution in [1.29, 1.82) is 0 Å². The van der Waals surface area contributed by atoms with E-state index in [1.165, 1.54) is 41.8 Å². The van der Waals surface area contributed by atoms with Crippen LogP contribution >= 0.6 is 0 Å². The molecule has 1 saturated heterocycles. The van der Waals surface area contributed by atoms with Crippen LogP contribution < -0.4 is 4.74 Å². The molecule has 1 aliphatic heterocycles. The van der Waals surface area contributed by atoms with Crippen molar-refractivity contribution < 1.29 is 31.9 Å². The molecule has 2 aromatic rings.